The van der Waals surface area contributed by atoms with E-state index in [0.29, 0.717) is 30.1 Å². The molecule has 0 radical (unpaired) electrons. The summed E-state index contributed by atoms with van der Waals surface area (Å²) in [6, 6.07) is 10.1. The van der Waals surface area contributed by atoms with E-state index in [1.54, 1.807) is 60.6 Å². The van der Waals surface area contributed by atoms with E-state index in [2.05, 4.69) is 10.3 Å². The second-order valence-electron chi connectivity index (χ2n) is 5.90. The Kier molecular flexibility index (Phi) is 5.26. The van der Waals surface area contributed by atoms with Crippen LogP contribution in [0, 0.1) is 5.92 Å². The van der Waals surface area contributed by atoms with Gasteiger partial charge >= 0.3 is 5.97 Å². The number of benzene rings is 1. The highest BCUT2D eigenvalue weighted by atomic mass is 16.5. The smallest absolute Gasteiger partial charge is 0.338 e. The van der Waals surface area contributed by atoms with Crippen LogP contribution in [0.3, 0.4) is 0 Å². The standard InChI is InChI=1S/C19H19N3O4/c1-2-26-19(25)13-5-7-16(8-6-13)22-12-14(10-17(22)23)18(24)21-15-4-3-9-20-11-15/h3-9,11,14H,2,10,12H2,1H3,(H,21,24)/t14-/m1/s1. The van der Waals surface area contributed by atoms with E-state index in [1.165, 1.54) is 0 Å². The Morgan fingerprint density at radius 2 is 2.04 bits per heavy atom. The van der Waals surface area contributed by atoms with Crippen LogP contribution in [0.5, 0.6) is 0 Å². The molecule has 1 saturated heterocycles. The van der Waals surface area contributed by atoms with Gasteiger partial charge in [0.15, 0.2) is 0 Å². The lowest BCUT2D eigenvalue weighted by Gasteiger charge is -2.17. The number of carbonyl (C=O) groups excluding carboxylic acids is 3. The summed E-state index contributed by atoms with van der Waals surface area (Å²) in [7, 11) is 0. The largest absolute Gasteiger partial charge is 0.462 e. The van der Waals surface area contributed by atoms with E-state index >= 15 is 0 Å². The lowest BCUT2D eigenvalue weighted by atomic mass is 10.1. The predicted molar refractivity (Wildman–Crippen MR) is 95.7 cm³/mol. The molecule has 7 nitrogen and oxygen atoms in total. The van der Waals surface area contributed by atoms with Gasteiger partial charge in [0, 0.05) is 24.8 Å². The number of ether oxygens (including phenoxy) is 1. The van der Waals surface area contributed by atoms with E-state index < -0.39 is 11.9 Å². The number of hydrogen-bond donors (Lipinski definition) is 1. The fraction of sp³-hybridized carbons (Fsp3) is 0.263. The first-order valence-electron chi connectivity index (χ1n) is 8.37. The second kappa shape index (κ2) is 7.77. The van der Waals surface area contributed by atoms with Crippen molar-refractivity contribution in [1.29, 1.82) is 0 Å². The normalized spacial score (nSPS) is 16.4. The lowest BCUT2D eigenvalue weighted by molar-refractivity contribution is -0.122. The number of nitrogens with one attached hydrogen (secondary N) is 1. The number of anilines is 2. The summed E-state index contributed by atoms with van der Waals surface area (Å²) in [5.74, 6) is -1.18. The van der Waals surface area contributed by atoms with Gasteiger partial charge in [0.05, 0.1) is 30.0 Å². The van der Waals surface area contributed by atoms with Crippen LogP contribution < -0.4 is 10.2 Å². The third-order valence-corrected chi connectivity index (χ3v) is 4.12. The topological polar surface area (TPSA) is 88.6 Å². The van der Waals surface area contributed by atoms with Gasteiger partial charge in [0.1, 0.15) is 0 Å². The van der Waals surface area contributed by atoms with Crippen LogP contribution in [0.15, 0.2) is 48.8 Å². The summed E-state index contributed by atoms with van der Waals surface area (Å²) in [5, 5.41) is 2.77. The predicted octanol–water partition coefficient (Wildman–Crippen LogP) is 2.25. The molecular formula is C19H19N3O4. The summed E-state index contributed by atoms with van der Waals surface area (Å²) in [5.41, 5.74) is 1.68. The number of aromatic nitrogens is 1. The molecule has 1 atom stereocenters. The highest BCUT2D eigenvalue weighted by Crippen LogP contribution is 2.26. The number of rotatable bonds is 5. The fourth-order valence-electron chi connectivity index (χ4n) is 2.81. The minimum atomic E-state index is -0.438. The van der Waals surface area contributed by atoms with Gasteiger partial charge in [0.25, 0.3) is 0 Å². The molecule has 0 bridgehead atoms. The van der Waals surface area contributed by atoms with Gasteiger partial charge in [-0.2, -0.15) is 0 Å². The molecule has 1 aliphatic heterocycles. The minimum absolute atomic E-state index is 0.125. The van der Waals surface area contributed by atoms with Crippen LogP contribution in [-0.4, -0.2) is 35.9 Å². The van der Waals surface area contributed by atoms with Gasteiger partial charge in [0.2, 0.25) is 11.8 Å². The molecule has 26 heavy (non-hydrogen) atoms. The number of nitrogens with zero attached hydrogens (tertiary/aromatic N) is 2. The quantitative estimate of drug-likeness (QED) is 0.833. The zero-order valence-corrected chi connectivity index (χ0v) is 14.3. The van der Waals surface area contributed by atoms with Crippen molar-refractivity contribution in [3.63, 3.8) is 0 Å². The van der Waals surface area contributed by atoms with E-state index in [-0.39, 0.29) is 18.2 Å². The highest BCUT2D eigenvalue weighted by Gasteiger charge is 2.35. The molecule has 0 spiro atoms. The zero-order chi connectivity index (χ0) is 18.5. The zero-order valence-electron chi connectivity index (χ0n) is 14.3. The van der Waals surface area contributed by atoms with Crippen LogP contribution in [0.2, 0.25) is 0 Å². The molecule has 1 N–H and O–H groups in total. The molecule has 3 rings (SSSR count). The Morgan fingerprint density at radius 1 is 1.27 bits per heavy atom. The Labute approximate surface area is 151 Å². The Bertz CT molecular complexity index is 805. The number of esters is 1. The Morgan fingerprint density at radius 3 is 2.69 bits per heavy atom. The van der Waals surface area contributed by atoms with Crippen molar-refractivity contribution in [1.82, 2.24) is 4.98 Å². The molecule has 1 aromatic carbocycles. The molecule has 0 saturated carbocycles. The maximum Gasteiger partial charge on any atom is 0.338 e. The van der Waals surface area contributed by atoms with Crippen molar-refractivity contribution in [2.24, 2.45) is 5.92 Å². The molecule has 2 amide bonds. The summed E-state index contributed by atoms with van der Waals surface area (Å²) in [6.45, 7) is 2.34. The Hall–Kier alpha value is -3.22. The SMILES string of the molecule is CCOC(=O)c1ccc(N2C[C@H](C(=O)Nc3cccnc3)CC2=O)cc1. The summed E-state index contributed by atoms with van der Waals surface area (Å²) in [6.07, 6.45) is 3.32. The summed E-state index contributed by atoms with van der Waals surface area (Å²) < 4.78 is 4.94. The van der Waals surface area contributed by atoms with Crippen molar-refractivity contribution in [3.8, 4) is 0 Å². The minimum Gasteiger partial charge on any atom is -0.462 e. The second-order valence-corrected chi connectivity index (χ2v) is 5.90. The maximum absolute atomic E-state index is 12.4. The summed E-state index contributed by atoms with van der Waals surface area (Å²) in [4.78, 5) is 41.9. The molecule has 1 aromatic heterocycles. The van der Waals surface area contributed by atoms with E-state index in [4.69, 9.17) is 4.74 Å². The highest BCUT2D eigenvalue weighted by molar-refractivity contribution is 6.03. The molecule has 0 unspecified atom stereocenters. The number of pyridine rings is 1. The van der Waals surface area contributed by atoms with Crippen LogP contribution >= 0.6 is 0 Å². The molecule has 0 aliphatic carbocycles. The third kappa shape index (κ3) is 3.88. The fourth-order valence-corrected chi connectivity index (χ4v) is 2.81. The first-order chi connectivity index (χ1) is 12.6. The molecule has 2 heterocycles. The molecule has 2 aromatic rings. The molecule has 1 aliphatic rings. The molecule has 7 heteroatoms. The van der Waals surface area contributed by atoms with Crippen molar-refractivity contribution in [2.75, 3.05) is 23.4 Å². The average Bonchev–Trinajstić information content (AvgIpc) is 3.05. The monoisotopic (exact) mass is 353 g/mol. The van der Waals surface area contributed by atoms with Gasteiger partial charge in [-0.1, -0.05) is 0 Å². The van der Waals surface area contributed by atoms with Gasteiger partial charge in [-0.25, -0.2) is 4.79 Å². The van der Waals surface area contributed by atoms with Crippen LogP contribution in [0.1, 0.15) is 23.7 Å². The number of hydrogen-bond acceptors (Lipinski definition) is 5. The van der Waals surface area contributed by atoms with E-state index in [0.717, 1.165) is 0 Å². The van der Waals surface area contributed by atoms with Crippen molar-refractivity contribution >= 4 is 29.2 Å². The first kappa shape index (κ1) is 17.6. The Balaban J connectivity index is 1.66. The lowest BCUT2D eigenvalue weighted by Crippen LogP contribution is -2.28. The van der Waals surface area contributed by atoms with Crippen LogP contribution in [-0.2, 0) is 14.3 Å². The average molecular weight is 353 g/mol. The van der Waals surface area contributed by atoms with Crippen molar-refractivity contribution in [3.05, 3.63) is 54.4 Å². The van der Waals surface area contributed by atoms with E-state index in [1.807, 2.05) is 0 Å². The first-order valence-corrected chi connectivity index (χ1v) is 8.37. The van der Waals surface area contributed by atoms with E-state index in [9.17, 15) is 14.4 Å². The van der Waals surface area contributed by atoms with Crippen LogP contribution in [0.4, 0.5) is 11.4 Å². The van der Waals surface area contributed by atoms with Gasteiger partial charge in [-0.3, -0.25) is 14.6 Å². The van der Waals surface area contributed by atoms with Crippen molar-refractivity contribution in [2.45, 2.75) is 13.3 Å². The van der Waals surface area contributed by atoms with Gasteiger partial charge < -0.3 is 15.0 Å². The van der Waals surface area contributed by atoms with Crippen LogP contribution in [0.25, 0.3) is 0 Å². The molecular weight excluding hydrogens is 334 g/mol. The van der Waals surface area contributed by atoms with Gasteiger partial charge in [-0.05, 0) is 43.3 Å². The maximum atomic E-state index is 12.4. The van der Waals surface area contributed by atoms with Gasteiger partial charge in [-0.15, -0.1) is 0 Å². The third-order valence-electron chi connectivity index (χ3n) is 4.12. The molecule has 134 valence electrons. The number of carbonyl (C=O) groups is 3. The van der Waals surface area contributed by atoms with Crippen molar-refractivity contribution < 1.29 is 19.1 Å². The summed E-state index contributed by atoms with van der Waals surface area (Å²) >= 11 is 0. The molecule has 1 fully saturated rings. The number of amides is 2.